The first-order valence-electron chi connectivity index (χ1n) is 11.0. The van der Waals surface area contributed by atoms with E-state index in [9.17, 15) is 9.90 Å². The average molecular weight is 424 g/mol. The van der Waals surface area contributed by atoms with Crippen molar-refractivity contribution >= 4 is 17.6 Å². The SMILES string of the molecule is CCCCNC(=O)c1ccc(CNC(=NC)N2CCN(c3ccccc3O)CC2)cc1. The van der Waals surface area contributed by atoms with Crippen LogP contribution in [0.25, 0.3) is 0 Å². The number of hydrogen-bond acceptors (Lipinski definition) is 4. The summed E-state index contributed by atoms with van der Waals surface area (Å²) < 4.78 is 0. The lowest BCUT2D eigenvalue weighted by atomic mass is 10.1. The van der Waals surface area contributed by atoms with Gasteiger partial charge in [-0.15, -0.1) is 0 Å². The lowest BCUT2D eigenvalue weighted by Gasteiger charge is -2.37. The van der Waals surface area contributed by atoms with E-state index in [1.54, 1.807) is 13.1 Å². The van der Waals surface area contributed by atoms with Crippen molar-refractivity contribution in [3.8, 4) is 5.75 Å². The third kappa shape index (κ3) is 6.13. The van der Waals surface area contributed by atoms with Crippen LogP contribution >= 0.6 is 0 Å². The molecular formula is C24H33N5O2. The predicted octanol–water partition coefficient (Wildman–Crippen LogP) is 2.82. The van der Waals surface area contributed by atoms with Crippen LogP contribution < -0.4 is 15.5 Å². The number of phenols is 1. The second kappa shape index (κ2) is 11.2. The zero-order valence-electron chi connectivity index (χ0n) is 18.5. The maximum Gasteiger partial charge on any atom is 0.251 e. The number of para-hydroxylation sites is 2. The second-order valence-electron chi connectivity index (χ2n) is 7.67. The Labute approximate surface area is 184 Å². The van der Waals surface area contributed by atoms with Gasteiger partial charge in [0.05, 0.1) is 5.69 Å². The van der Waals surface area contributed by atoms with Gasteiger partial charge < -0.3 is 25.5 Å². The molecule has 166 valence electrons. The zero-order chi connectivity index (χ0) is 22.1. The van der Waals surface area contributed by atoms with Crippen molar-refractivity contribution in [2.45, 2.75) is 26.3 Å². The lowest BCUT2D eigenvalue weighted by Crippen LogP contribution is -2.52. The van der Waals surface area contributed by atoms with Gasteiger partial charge in [-0.2, -0.15) is 0 Å². The van der Waals surface area contributed by atoms with Crippen LogP contribution in [0.3, 0.4) is 0 Å². The highest BCUT2D eigenvalue weighted by Crippen LogP contribution is 2.27. The number of rotatable bonds is 7. The van der Waals surface area contributed by atoms with Crippen LogP contribution in [-0.4, -0.2) is 61.6 Å². The number of carbonyl (C=O) groups excluding carboxylic acids is 1. The highest BCUT2D eigenvalue weighted by atomic mass is 16.3. The van der Waals surface area contributed by atoms with Gasteiger partial charge in [0.1, 0.15) is 5.75 Å². The van der Waals surface area contributed by atoms with Crippen LogP contribution in [0.2, 0.25) is 0 Å². The van der Waals surface area contributed by atoms with Gasteiger partial charge in [-0.25, -0.2) is 0 Å². The number of phenolic OH excluding ortho intramolecular Hbond substituents is 1. The largest absolute Gasteiger partial charge is 0.506 e. The smallest absolute Gasteiger partial charge is 0.251 e. The number of unbranched alkanes of at least 4 members (excludes halogenated alkanes) is 1. The van der Waals surface area contributed by atoms with Crippen molar-refractivity contribution in [1.29, 1.82) is 0 Å². The number of anilines is 1. The van der Waals surface area contributed by atoms with E-state index >= 15 is 0 Å². The molecule has 0 unspecified atom stereocenters. The van der Waals surface area contributed by atoms with Crippen LogP contribution in [-0.2, 0) is 6.54 Å². The number of aromatic hydroxyl groups is 1. The molecule has 1 amide bonds. The normalized spacial score (nSPS) is 14.5. The molecule has 0 spiro atoms. The number of hydrogen-bond donors (Lipinski definition) is 3. The van der Waals surface area contributed by atoms with E-state index in [0.717, 1.165) is 56.2 Å². The third-order valence-corrected chi connectivity index (χ3v) is 5.50. The number of piperazine rings is 1. The molecule has 0 bridgehead atoms. The van der Waals surface area contributed by atoms with Crippen molar-refractivity contribution in [3.63, 3.8) is 0 Å². The fourth-order valence-corrected chi connectivity index (χ4v) is 3.66. The molecule has 3 rings (SSSR count). The molecule has 1 aliphatic heterocycles. The Kier molecular flexibility index (Phi) is 8.15. The molecule has 2 aromatic rings. The van der Waals surface area contributed by atoms with Crippen molar-refractivity contribution < 1.29 is 9.90 Å². The molecule has 31 heavy (non-hydrogen) atoms. The zero-order valence-corrected chi connectivity index (χ0v) is 18.5. The average Bonchev–Trinajstić information content (AvgIpc) is 2.81. The van der Waals surface area contributed by atoms with Gasteiger partial charge >= 0.3 is 0 Å². The molecule has 1 heterocycles. The maximum atomic E-state index is 12.1. The van der Waals surface area contributed by atoms with Crippen LogP contribution in [0.15, 0.2) is 53.5 Å². The highest BCUT2D eigenvalue weighted by molar-refractivity contribution is 5.94. The van der Waals surface area contributed by atoms with Gasteiger partial charge in [-0.3, -0.25) is 9.79 Å². The highest BCUT2D eigenvalue weighted by Gasteiger charge is 2.21. The van der Waals surface area contributed by atoms with Crippen molar-refractivity contribution in [2.75, 3.05) is 44.7 Å². The van der Waals surface area contributed by atoms with Gasteiger partial charge in [0.25, 0.3) is 5.91 Å². The number of carbonyl (C=O) groups is 1. The van der Waals surface area contributed by atoms with Crippen LogP contribution in [0.4, 0.5) is 5.69 Å². The summed E-state index contributed by atoms with van der Waals surface area (Å²) >= 11 is 0. The number of guanidine groups is 1. The Morgan fingerprint density at radius 1 is 1.03 bits per heavy atom. The fourth-order valence-electron chi connectivity index (χ4n) is 3.66. The first-order valence-corrected chi connectivity index (χ1v) is 11.0. The van der Waals surface area contributed by atoms with E-state index < -0.39 is 0 Å². The Morgan fingerprint density at radius 3 is 2.39 bits per heavy atom. The standard InChI is InChI=1S/C24H33N5O2/c1-3-4-13-26-23(31)20-11-9-19(10-12-20)18-27-24(25-2)29-16-14-28(15-17-29)21-7-5-6-8-22(21)30/h5-12,30H,3-4,13-18H2,1-2H3,(H,25,27)(H,26,31). The van der Waals surface area contributed by atoms with Gasteiger partial charge in [0.2, 0.25) is 0 Å². The molecule has 0 radical (unpaired) electrons. The van der Waals surface area contributed by atoms with Gasteiger partial charge in [-0.1, -0.05) is 37.6 Å². The van der Waals surface area contributed by atoms with Gasteiger partial charge in [0, 0.05) is 51.9 Å². The van der Waals surface area contributed by atoms with Crippen molar-refractivity contribution in [3.05, 3.63) is 59.7 Å². The van der Waals surface area contributed by atoms with Crippen LogP contribution in [0.1, 0.15) is 35.7 Å². The Bertz CT molecular complexity index is 874. The maximum absolute atomic E-state index is 12.1. The number of aliphatic imine (C=N–C) groups is 1. The first-order chi connectivity index (χ1) is 15.1. The molecule has 0 atom stereocenters. The predicted molar refractivity (Wildman–Crippen MR) is 126 cm³/mol. The molecule has 2 aromatic carbocycles. The monoisotopic (exact) mass is 423 g/mol. The van der Waals surface area contributed by atoms with E-state index in [0.29, 0.717) is 24.4 Å². The van der Waals surface area contributed by atoms with Crippen LogP contribution in [0.5, 0.6) is 5.75 Å². The summed E-state index contributed by atoms with van der Waals surface area (Å²) in [7, 11) is 1.79. The molecule has 3 N–H and O–H groups in total. The summed E-state index contributed by atoms with van der Waals surface area (Å²) in [5, 5.41) is 16.4. The molecule has 0 aromatic heterocycles. The summed E-state index contributed by atoms with van der Waals surface area (Å²) in [6, 6.07) is 15.1. The van der Waals surface area contributed by atoms with Crippen LogP contribution in [0, 0.1) is 0 Å². The summed E-state index contributed by atoms with van der Waals surface area (Å²) in [5.74, 6) is 1.16. The fraction of sp³-hybridized carbons (Fsp3) is 0.417. The summed E-state index contributed by atoms with van der Waals surface area (Å²) in [6.45, 7) is 6.75. The van der Waals surface area contributed by atoms with E-state index in [1.807, 2.05) is 42.5 Å². The molecule has 7 nitrogen and oxygen atoms in total. The van der Waals surface area contributed by atoms with E-state index in [2.05, 4.69) is 32.3 Å². The summed E-state index contributed by atoms with van der Waals surface area (Å²) in [5.41, 5.74) is 2.66. The Morgan fingerprint density at radius 2 is 1.74 bits per heavy atom. The minimum absolute atomic E-state index is 0.0221. The number of amides is 1. The van der Waals surface area contributed by atoms with E-state index in [4.69, 9.17) is 0 Å². The van der Waals surface area contributed by atoms with Gasteiger partial charge in [0.15, 0.2) is 5.96 Å². The lowest BCUT2D eigenvalue weighted by molar-refractivity contribution is 0.0953. The second-order valence-corrected chi connectivity index (χ2v) is 7.67. The van der Waals surface area contributed by atoms with E-state index in [1.165, 1.54) is 0 Å². The van der Waals surface area contributed by atoms with Crippen molar-refractivity contribution in [1.82, 2.24) is 15.5 Å². The minimum atomic E-state index is -0.0221. The number of nitrogens with zero attached hydrogens (tertiary/aromatic N) is 3. The molecular weight excluding hydrogens is 390 g/mol. The number of nitrogens with one attached hydrogen (secondary N) is 2. The molecule has 0 saturated carbocycles. The summed E-state index contributed by atoms with van der Waals surface area (Å²) in [6.07, 6.45) is 2.06. The molecule has 1 aliphatic rings. The van der Waals surface area contributed by atoms with Crippen molar-refractivity contribution in [2.24, 2.45) is 4.99 Å². The molecule has 1 saturated heterocycles. The van der Waals surface area contributed by atoms with Gasteiger partial charge in [-0.05, 0) is 36.2 Å². The summed E-state index contributed by atoms with van der Waals surface area (Å²) in [4.78, 5) is 21.0. The molecule has 1 fully saturated rings. The Balaban J connectivity index is 1.49. The quantitative estimate of drug-likeness (QED) is 0.363. The minimum Gasteiger partial charge on any atom is -0.506 e. The third-order valence-electron chi connectivity index (χ3n) is 5.50. The molecule has 7 heteroatoms. The topological polar surface area (TPSA) is 80.2 Å². The Hall–Kier alpha value is -3.22. The molecule has 0 aliphatic carbocycles. The first kappa shape index (κ1) is 22.5. The number of benzene rings is 2. The van der Waals surface area contributed by atoms with E-state index in [-0.39, 0.29) is 5.91 Å².